The minimum absolute atomic E-state index is 0.0403. The van der Waals surface area contributed by atoms with Gasteiger partial charge in [-0.25, -0.2) is 4.79 Å². The van der Waals surface area contributed by atoms with E-state index in [1.165, 1.54) is 7.11 Å². The maximum atomic E-state index is 13.0. The second kappa shape index (κ2) is 9.68. The number of halogens is 3. The molecule has 1 saturated carbocycles. The van der Waals surface area contributed by atoms with E-state index in [-0.39, 0.29) is 42.6 Å². The van der Waals surface area contributed by atoms with Crippen LogP contribution in [0.5, 0.6) is 0 Å². The molecule has 2 aliphatic rings. The Morgan fingerprint density at radius 1 is 0.941 bits per heavy atom. The van der Waals surface area contributed by atoms with Crippen LogP contribution in [0, 0.1) is 5.92 Å². The van der Waals surface area contributed by atoms with Gasteiger partial charge in [-0.1, -0.05) is 12.1 Å². The molecular formula is C24H28F3N3O4. The van der Waals surface area contributed by atoms with Crippen LogP contribution >= 0.6 is 0 Å². The highest BCUT2D eigenvalue weighted by Crippen LogP contribution is 2.33. The second-order valence-corrected chi connectivity index (χ2v) is 9.04. The number of esters is 1. The minimum atomic E-state index is -4.83. The molecule has 0 unspecified atom stereocenters. The monoisotopic (exact) mass is 479 g/mol. The first-order valence-corrected chi connectivity index (χ1v) is 11.5. The third kappa shape index (κ3) is 4.90. The number of carbonyl (C=O) groups is 2. The predicted octanol–water partition coefficient (Wildman–Crippen LogP) is 3.81. The van der Waals surface area contributed by atoms with Gasteiger partial charge in [0.2, 0.25) is 0 Å². The number of piperidine rings is 1. The smallest absolute Gasteiger partial charge is 0.469 e. The summed E-state index contributed by atoms with van der Waals surface area (Å²) in [7, 11) is 1.39. The van der Waals surface area contributed by atoms with Gasteiger partial charge in [-0.2, -0.15) is 13.2 Å². The molecule has 184 valence electrons. The topological polar surface area (TPSA) is 73.5 Å². The molecule has 1 aliphatic carbocycles. The molecule has 0 N–H and O–H groups in total. The minimum Gasteiger partial charge on any atom is -0.469 e. The lowest BCUT2D eigenvalue weighted by molar-refractivity contribution is -0.186. The van der Waals surface area contributed by atoms with Gasteiger partial charge < -0.3 is 9.64 Å². The summed E-state index contributed by atoms with van der Waals surface area (Å²) in [6, 6.07) is 7.50. The van der Waals surface area contributed by atoms with E-state index in [0.29, 0.717) is 31.4 Å². The van der Waals surface area contributed by atoms with Gasteiger partial charge in [-0.05, 0) is 62.1 Å². The number of benzene rings is 1. The standard InChI is InChI=1S/C24H28F3N3O4/c1-34-21(31)18-4-8-20(9-5-18)30-15-14-29(23(30)33)19-6-2-16(3-7-19)17-10-12-28(13-11-17)22(32)24(25,26)27/h2-3,6-7,14-15,17-18,20H,4-5,8-13H2,1H3/t18-,20-. The molecule has 2 heterocycles. The van der Waals surface area contributed by atoms with E-state index < -0.39 is 12.1 Å². The number of hydrogen-bond acceptors (Lipinski definition) is 4. The number of nitrogens with zero attached hydrogens (tertiary/aromatic N) is 3. The molecule has 0 radical (unpaired) electrons. The van der Waals surface area contributed by atoms with E-state index in [1.807, 2.05) is 24.3 Å². The summed E-state index contributed by atoms with van der Waals surface area (Å²) in [5.41, 5.74) is 1.55. The number of carbonyl (C=O) groups excluding carboxylic acids is 2. The number of likely N-dealkylation sites (tertiary alicyclic amines) is 1. The Kier molecular flexibility index (Phi) is 6.86. The van der Waals surface area contributed by atoms with Crippen LogP contribution < -0.4 is 5.69 Å². The lowest BCUT2D eigenvalue weighted by Crippen LogP contribution is -2.45. The zero-order valence-corrected chi connectivity index (χ0v) is 19.0. The van der Waals surface area contributed by atoms with E-state index in [1.54, 1.807) is 21.5 Å². The number of rotatable bonds is 4. The summed E-state index contributed by atoms with van der Waals surface area (Å²) < 4.78 is 46.0. The summed E-state index contributed by atoms with van der Waals surface area (Å²) in [6.45, 7) is 0.149. The number of hydrogen-bond donors (Lipinski definition) is 0. The molecule has 7 nitrogen and oxygen atoms in total. The lowest BCUT2D eigenvalue weighted by atomic mass is 9.86. The Morgan fingerprint density at radius 2 is 1.56 bits per heavy atom. The van der Waals surface area contributed by atoms with E-state index in [9.17, 15) is 27.6 Å². The quantitative estimate of drug-likeness (QED) is 0.626. The number of methoxy groups -OCH3 is 1. The largest absolute Gasteiger partial charge is 0.471 e. The van der Waals surface area contributed by atoms with Gasteiger partial charge in [-0.15, -0.1) is 0 Å². The van der Waals surface area contributed by atoms with Crippen LogP contribution in [0.4, 0.5) is 13.2 Å². The van der Waals surface area contributed by atoms with Crippen molar-refractivity contribution in [1.29, 1.82) is 0 Å². The highest BCUT2D eigenvalue weighted by Gasteiger charge is 2.43. The van der Waals surface area contributed by atoms with Gasteiger partial charge >= 0.3 is 23.7 Å². The first kappa shape index (κ1) is 24.1. The molecule has 34 heavy (non-hydrogen) atoms. The van der Waals surface area contributed by atoms with E-state index in [0.717, 1.165) is 23.3 Å². The van der Waals surface area contributed by atoms with Crippen molar-refractivity contribution in [3.8, 4) is 5.69 Å². The summed E-state index contributed by atoms with van der Waals surface area (Å²) >= 11 is 0. The first-order chi connectivity index (χ1) is 16.2. The third-order valence-corrected chi connectivity index (χ3v) is 7.10. The van der Waals surface area contributed by atoms with Crippen LogP contribution in [-0.4, -0.2) is 52.3 Å². The highest BCUT2D eigenvalue weighted by molar-refractivity contribution is 5.81. The Balaban J connectivity index is 1.39. The lowest BCUT2D eigenvalue weighted by Gasteiger charge is -2.32. The Bertz CT molecular complexity index is 1070. The van der Waals surface area contributed by atoms with Crippen LogP contribution in [0.25, 0.3) is 5.69 Å². The van der Waals surface area contributed by atoms with Crippen molar-refractivity contribution in [2.45, 2.75) is 56.7 Å². The Morgan fingerprint density at radius 3 is 2.12 bits per heavy atom. The van der Waals surface area contributed by atoms with Gasteiger partial charge in [0, 0.05) is 31.5 Å². The summed E-state index contributed by atoms with van der Waals surface area (Å²) in [5.74, 6) is -2.01. The van der Waals surface area contributed by atoms with Crippen molar-refractivity contribution in [3.63, 3.8) is 0 Å². The molecule has 2 aromatic rings. The third-order valence-electron chi connectivity index (χ3n) is 7.10. The van der Waals surface area contributed by atoms with Crippen molar-refractivity contribution in [2.24, 2.45) is 5.92 Å². The maximum Gasteiger partial charge on any atom is 0.471 e. The van der Waals surface area contributed by atoms with Crippen LogP contribution in [0.3, 0.4) is 0 Å². The fourth-order valence-corrected chi connectivity index (χ4v) is 5.12. The number of alkyl halides is 3. The van der Waals surface area contributed by atoms with Gasteiger partial charge in [0.1, 0.15) is 0 Å². The summed E-state index contributed by atoms with van der Waals surface area (Å²) in [6.07, 6.45) is 2.44. The number of ether oxygens (including phenoxy) is 1. The van der Waals surface area contributed by atoms with Gasteiger partial charge in [0.05, 0.1) is 18.7 Å². The van der Waals surface area contributed by atoms with Crippen LogP contribution in [0.2, 0.25) is 0 Å². The average Bonchev–Trinajstić information content (AvgIpc) is 3.24. The molecular weight excluding hydrogens is 451 g/mol. The number of aromatic nitrogens is 2. The van der Waals surface area contributed by atoms with E-state index >= 15 is 0 Å². The average molecular weight is 479 g/mol. The molecule has 1 aromatic carbocycles. The predicted molar refractivity (Wildman–Crippen MR) is 118 cm³/mol. The highest BCUT2D eigenvalue weighted by atomic mass is 19.4. The molecule has 1 aliphatic heterocycles. The summed E-state index contributed by atoms with van der Waals surface area (Å²) in [4.78, 5) is 37.0. The van der Waals surface area contributed by atoms with E-state index in [2.05, 4.69) is 0 Å². The zero-order chi connectivity index (χ0) is 24.5. The molecule has 1 saturated heterocycles. The zero-order valence-electron chi connectivity index (χ0n) is 19.0. The Labute approximate surface area is 195 Å². The van der Waals surface area contributed by atoms with Gasteiger partial charge in [0.15, 0.2) is 0 Å². The molecule has 10 heteroatoms. The van der Waals surface area contributed by atoms with Crippen LogP contribution in [0.1, 0.15) is 56.0 Å². The molecule has 0 atom stereocenters. The molecule has 1 amide bonds. The van der Waals surface area contributed by atoms with Crippen LogP contribution in [0.15, 0.2) is 41.5 Å². The second-order valence-electron chi connectivity index (χ2n) is 9.04. The fourth-order valence-electron chi connectivity index (χ4n) is 5.12. The van der Waals surface area contributed by atoms with Crippen molar-refractivity contribution in [2.75, 3.05) is 20.2 Å². The normalized spacial score (nSPS) is 21.9. The maximum absolute atomic E-state index is 13.0. The summed E-state index contributed by atoms with van der Waals surface area (Å²) in [5, 5.41) is 0. The molecule has 1 aromatic heterocycles. The fraction of sp³-hybridized carbons (Fsp3) is 0.542. The molecule has 0 spiro atoms. The number of amides is 1. The SMILES string of the molecule is COC(=O)[C@H]1CC[C@H](n2ccn(-c3ccc(C4CCN(C(=O)C(F)(F)F)CC4)cc3)c2=O)CC1. The van der Waals surface area contributed by atoms with Gasteiger partial charge in [0.25, 0.3) is 0 Å². The Hall–Kier alpha value is -3.04. The van der Waals surface area contributed by atoms with E-state index in [4.69, 9.17) is 4.74 Å². The molecule has 2 fully saturated rings. The van der Waals surface area contributed by atoms with Gasteiger partial charge in [-0.3, -0.25) is 18.7 Å². The number of imidazole rings is 1. The van der Waals surface area contributed by atoms with Crippen molar-refractivity contribution in [3.05, 3.63) is 52.7 Å². The molecule has 0 bridgehead atoms. The van der Waals surface area contributed by atoms with Crippen LogP contribution in [-0.2, 0) is 14.3 Å². The van der Waals surface area contributed by atoms with Crippen molar-refractivity contribution >= 4 is 11.9 Å². The molecule has 4 rings (SSSR count). The van der Waals surface area contributed by atoms with Crippen molar-refractivity contribution < 1.29 is 27.5 Å². The first-order valence-electron chi connectivity index (χ1n) is 11.5. The van der Waals surface area contributed by atoms with Crippen molar-refractivity contribution in [1.82, 2.24) is 14.0 Å².